The van der Waals surface area contributed by atoms with E-state index >= 15 is 0 Å². The molecule has 0 radical (unpaired) electrons. The molecule has 0 aromatic carbocycles. The highest BCUT2D eigenvalue weighted by molar-refractivity contribution is 5.60. The monoisotopic (exact) mass is 282 g/mol. The van der Waals surface area contributed by atoms with Crippen LogP contribution in [0.3, 0.4) is 0 Å². The molecule has 0 heterocycles. The van der Waals surface area contributed by atoms with Crippen molar-refractivity contribution in [2.24, 2.45) is 0 Å². The second-order valence-corrected chi connectivity index (χ2v) is 6.42. The smallest absolute Gasteiger partial charge is 0.431 e. The minimum Gasteiger partial charge on any atom is -0.431 e. The summed E-state index contributed by atoms with van der Waals surface area (Å²) in [6.07, 6.45) is 16.3. The minimum absolute atomic E-state index is 0.0938. The third-order valence-corrected chi connectivity index (χ3v) is 4.63. The van der Waals surface area contributed by atoms with Crippen LogP contribution in [0.1, 0.15) is 89.9 Å². The van der Waals surface area contributed by atoms with E-state index in [4.69, 9.17) is 9.47 Å². The Bertz CT molecular complexity index is 235. The van der Waals surface area contributed by atoms with Crippen molar-refractivity contribution in [3.05, 3.63) is 0 Å². The number of carbonyl (C=O) groups is 1. The van der Waals surface area contributed by atoms with E-state index in [1.807, 2.05) is 0 Å². The molecule has 0 aromatic heterocycles. The highest BCUT2D eigenvalue weighted by Gasteiger charge is 2.21. The van der Waals surface area contributed by atoms with Crippen LogP contribution in [-0.4, -0.2) is 18.4 Å². The molecule has 116 valence electrons. The van der Waals surface area contributed by atoms with Crippen molar-refractivity contribution in [2.75, 3.05) is 0 Å². The summed E-state index contributed by atoms with van der Waals surface area (Å²) in [6.45, 7) is 0. The Labute approximate surface area is 123 Å². The van der Waals surface area contributed by atoms with Crippen LogP contribution in [0.2, 0.25) is 0 Å². The molecule has 0 aromatic rings. The molecule has 2 aliphatic carbocycles. The van der Waals surface area contributed by atoms with Gasteiger partial charge < -0.3 is 9.47 Å². The Morgan fingerprint density at radius 2 is 0.850 bits per heavy atom. The van der Waals surface area contributed by atoms with Gasteiger partial charge in [-0.15, -0.1) is 0 Å². The molecule has 2 saturated carbocycles. The molecule has 0 spiro atoms. The number of rotatable bonds is 2. The van der Waals surface area contributed by atoms with Gasteiger partial charge in [-0.3, -0.25) is 0 Å². The second-order valence-electron chi connectivity index (χ2n) is 6.42. The maximum Gasteiger partial charge on any atom is 0.508 e. The van der Waals surface area contributed by atoms with Gasteiger partial charge in [-0.05, 0) is 51.4 Å². The minimum atomic E-state index is -0.416. The number of carbonyl (C=O) groups excluding carboxylic acids is 1. The zero-order chi connectivity index (χ0) is 14.0. The standard InChI is InChI=1S/C17H30O3/c18-17(19-15-11-7-3-1-4-8-12-15)20-16-13-9-5-2-6-10-14-16/h15-16H,1-14H2. The fraction of sp³-hybridized carbons (Fsp3) is 0.941. The van der Waals surface area contributed by atoms with E-state index in [1.165, 1.54) is 64.2 Å². The maximum atomic E-state index is 11.9. The largest absolute Gasteiger partial charge is 0.508 e. The highest BCUT2D eigenvalue weighted by atomic mass is 16.7. The molecule has 0 aliphatic heterocycles. The first-order valence-corrected chi connectivity index (χ1v) is 8.72. The zero-order valence-electron chi connectivity index (χ0n) is 12.8. The van der Waals surface area contributed by atoms with E-state index in [0.29, 0.717) is 0 Å². The average molecular weight is 282 g/mol. The van der Waals surface area contributed by atoms with Gasteiger partial charge in [-0.2, -0.15) is 0 Å². The lowest BCUT2D eigenvalue weighted by atomic mass is 9.98. The Morgan fingerprint density at radius 1 is 0.550 bits per heavy atom. The van der Waals surface area contributed by atoms with Crippen molar-refractivity contribution in [3.63, 3.8) is 0 Å². The third kappa shape index (κ3) is 6.15. The van der Waals surface area contributed by atoms with Crippen LogP contribution in [0.5, 0.6) is 0 Å². The third-order valence-electron chi connectivity index (χ3n) is 4.63. The van der Waals surface area contributed by atoms with Gasteiger partial charge in [0.05, 0.1) is 0 Å². The molecule has 0 unspecified atom stereocenters. The van der Waals surface area contributed by atoms with Crippen molar-refractivity contribution in [3.8, 4) is 0 Å². The molecule has 2 rings (SSSR count). The number of hydrogen-bond donors (Lipinski definition) is 0. The topological polar surface area (TPSA) is 35.5 Å². The van der Waals surface area contributed by atoms with Gasteiger partial charge in [0.1, 0.15) is 12.2 Å². The van der Waals surface area contributed by atoms with Crippen LogP contribution in [-0.2, 0) is 9.47 Å². The lowest BCUT2D eigenvalue weighted by molar-refractivity contribution is -0.0138. The summed E-state index contributed by atoms with van der Waals surface area (Å²) in [4.78, 5) is 11.9. The Kier molecular flexibility index (Phi) is 7.24. The summed E-state index contributed by atoms with van der Waals surface area (Å²) in [6, 6.07) is 0. The van der Waals surface area contributed by atoms with Gasteiger partial charge in [-0.25, -0.2) is 4.79 Å². The molecule has 3 nitrogen and oxygen atoms in total. The second kappa shape index (κ2) is 9.25. The first-order valence-electron chi connectivity index (χ1n) is 8.72. The molecule has 0 atom stereocenters. The quantitative estimate of drug-likeness (QED) is 0.639. The van der Waals surface area contributed by atoms with Crippen LogP contribution in [0.25, 0.3) is 0 Å². The Hall–Kier alpha value is -0.730. The molecular formula is C17H30O3. The van der Waals surface area contributed by atoms with Crippen molar-refractivity contribution < 1.29 is 14.3 Å². The van der Waals surface area contributed by atoms with Crippen molar-refractivity contribution in [2.45, 2.75) is 102 Å². The van der Waals surface area contributed by atoms with E-state index < -0.39 is 6.16 Å². The summed E-state index contributed by atoms with van der Waals surface area (Å²) < 4.78 is 11.1. The molecule has 0 saturated heterocycles. The molecule has 0 bridgehead atoms. The first kappa shape index (κ1) is 15.7. The summed E-state index contributed by atoms with van der Waals surface area (Å²) in [5.74, 6) is 0. The predicted octanol–water partition coefficient (Wildman–Crippen LogP) is 5.37. The molecule has 3 heteroatoms. The SMILES string of the molecule is O=C(OC1CCCCCCC1)OC1CCCCCCC1. The normalized spacial score (nSPS) is 24.0. The van der Waals surface area contributed by atoms with Crippen LogP contribution in [0.15, 0.2) is 0 Å². The van der Waals surface area contributed by atoms with Crippen LogP contribution in [0, 0.1) is 0 Å². The highest BCUT2D eigenvalue weighted by Crippen LogP contribution is 2.22. The van der Waals surface area contributed by atoms with E-state index in [9.17, 15) is 4.79 Å². The molecule has 2 fully saturated rings. The van der Waals surface area contributed by atoms with E-state index in [-0.39, 0.29) is 12.2 Å². The molecule has 0 N–H and O–H groups in total. The van der Waals surface area contributed by atoms with Crippen LogP contribution >= 0.6 is 0 Å². The van der Waals surface area contributed by atoms with Crippen molar-refractivity contribution >= 4 is 6.16 Å². The summed E-state index contributed by atoms with van der Waals surface area (Å²) in [5, 5.41) is 0. The van der Waals surface area contributed by atoms with E-state index in [0.717, 1.165) is 25.7 Å². The van der Waals surface area contributed by atoms with Gasteiger partial charge >= 0.3 is 6.16 Å². The summed E-state index contributed by atoms with van der Waals surface area (Å²) in [7, 11) is 0. The van der Waals surface area contributed by atoms with Crippen LogP contribution in [0.4, 0.5) is 4.79 Å². The van der Waals surface area contributed by atoms with Crippen LogP contribution < -0.4 is 0 Å². The van der Waals surface area contributed by atoms with Gasteiger partial charge in [0.25, 0.3) is 0 Å². The van der Waals surface area contributed by atoms with Gasteiger partial charge in [0.2, 0.25) is 0 Å². The number of ether oxygens (including phenoxy) is 2. The van der Waals surface area contributed by atoms with Gasteiger partial charge in [0, 0.05) is 0 Å². The van der Waals surface area contributed by atoms with Crippen molar-refractivity contribution in [1.29, 1.82) is 0 Å². The van der Waals surface area contributed by atoms with E-state index in [2.05, 4.69) is 0 Å². The maximum absolute atomic E-state index is 11.9. The van der Waals surface area contributed by atoms with Gasteiger partial charge in [0.15, 0.2) is 0 Å². The fourth-order valence-corrected chi connectivity index (χ4v) is 3.37. The molecule has 2 aliphatic rings. The van der Waals surface area contributed by atoms with E-state index in [1.54, 1.807) is 0 Å². The average Bonchev–Trinajstić information content (AvgIpc) is 2.35. The number of hydrogen-bond acceptors (Lipinski definition) is 3. The van der Waals surface area contributed by atoms with Gasteiger partial charge in [-0.1, -0.05) is 38.5 Å². The molecule has 20 heavy (non-hydrogen) atoms. The molecular weight excluding hydrogens is 252 g/mol. The molecule has 0 amide bonds. The fourth-order valence-electron chi connectivity index (χ4n) is 3.37. The summed E-state index contributed by atoms with van der Waals surface area (Å²) in [5.41, 5.74) is 0. The first-order chi connectivity index (χ1) is 9.84. The Morgan fingerprint density at radius 3 is 1.20 bits per heavy atom. The predicted molar refractivity (Wildman–Crippen MR) is 79.8 cm³/mol. The summed E-state index contributed by atoms with van der Waals surface area (Å²) >= 11 is 0. The Balaban J connectivity index is 1.69. The lowest BCUT2D eigenvalue weighted by Crippen LogP contribution is -2.25. The zero-order valence-corrected chi connectivity index (χ0v) is 12.8. The van der Waals surface area contributed by atoms with Crippen molar-refractivity contribution in [1.82, 2.24) is 0 Å². The lowest BCUT2D eigenvalue weighted by Gasteiger charge is -2.23.